The van der Waals surface area contributed by atoms with Gasteiger partial charge in [0.15, 0.2) is 0 Å². The van der Waals surface area contributed by atoms with Gasteiger partial charge in [-0.1, -0.05) is 102 Å². The Balaban J connectivity index is 1.13. The molecule has 0 saturated heterocycles. The summed E-state index contributed by atoms with van der Waals surface area (Å²) in [5.74, 6) is 2.40. The zero-order valence-corrected chi connectivity index (χ0v) is 30.1. The molecule has 0 aliphatic heterocycles. The van der Waals surface area contributed by atoms with E-state index in [9.17, 15) is 0 Å². The van der Waals surface area contributed by atoms with Crippen LogP contribution in [-0.4, -0.2) is 14.1 Å². The van der Waals surface area contributed by atoms with Crippen LogP contribution in [0.2, 0.25) is 0 Å². The highest BCUT2D eigenvalue weighted by Crippen LogP contribution is 2.36. The first-order valence-electron chi connectivity index (χ1n) is 17.5. The van der Waals surface area contributed by atoms with Crippen molar-refractivity contribution in [3.63, 3.8) is 0 Å². The van der Waals surface area contributed by atoms with E-state index in [1.807, 2.05) is 35.2 Å². The SMILES string of the molecule is CC(C)(C)c1cc(-c2ccccc2)cc(-[n+]2[c-]n(-c3cccc(Oc4ccc5c6ccccc6n(-c6cc(C(C)(C)C)ccn6)c5c4)c3)cc2)c1. The Bertz CT molecular complexity index is 2530. The standard InChI is InChI=1S/C46H42N4O/c1-45(2,3)34-21-22-47-44(28-34)50-42-18-11-10-17-40(42)41-20-19-39(30-43(41)50)51-38-16-12-15-36(29-38)48-23-24-49(31-48)37-26-33(32-13-8-7-9-14-32)25-35(27-37)46(4,5)6/h7-30H,1-6H3. The highest BCUT2D eigenvalue weighted by atomic mass is 16.5. The molecule has 0 aliphatic rings. The van der Waals surface area contributed by atoms with Gasteiger partial charge in [0.1, 0.15) is 17.3 Å². The Morgan fingerprint density at radius 1 is 0.608 bits per heavy atom. The van der Waals surface area contributed by atoms with Crippen LogP contribution in [0.3, 0.4) is 0 Å². The highest BCUT2D eigenvalue weighted by Gasteiger charge is 2.19. The van der Waals surface area contributed by atoms with Crippen LogP contribution >= 0.6 is 0 Å². The van der Waals surface area contributed by atoms with Crippen LogP contribution in [0.25, 0.3) is 50.1 Å². The van der Waals surface area contributed by atoms with Crippen molar-refractivity contribution < 1.29 is 9.30 Å². The molecule has 5 heteroatoms. The summed E-state index contributed by atoms with van der Waals surface area (Å²) in [6.45, 7) is 13.5. The summed E-state index contributed by atoms with van der Waals surface area (Å²) >= 11 is 0. The van der Waals surface area contributed by atoms with Crippen molar-refractivity contribution in [2.75, 3.05) is 0 Å². The molecule has 0 saturated carbocycles. The average molecular weight is 667 g/mol. The van der Waals surface area contributed by atoms with Crippen molar-refractivity contribution in [2.45, 2.75) is 52.4 Å². The number of ether oxygens (including phenoxy) is 1. The molecule has 0 spiro atoms. The van der Waals surface area contributed by atoms with Crippen LogP contribution in [0, 0.1) is 6.33 Å². The summed E-state index contributed by atoms with van der Waals surface area (Å²) in [5.41, 5.74) is 9.10. The smallest absolute Gasteiger partial charge is 0.268 e. The van der Waals surface area contributed by atoms with Gasteiger partial charge in [0.25, 0.3) is 6.33 Å². The van der Waals surface area contributed by atoms with Gasteiger partial charge >= 0.3 is 0 Å². The molecular weight excluding hydrogens is 625 g/mol. The van der Waals surface area contributed by atoms with E-state index < -0.39 is 0 Å². The number of aromatic nitrogens is 4. The van der Waals surface area contributed by atoms with Crippen molar-refractivity contribution in [3.05, 3.63) is 163 Å². The first-order valence-corrected chi connectivity index (χ1v) is 17.5. The maximum atomic E-state index is 6.56. The predicted octanol–water partition coefficient (Wildman–Crippen LogP) is 11.1. The van der Waals surface area contributed by atoms with E-state index in [-0.39, 0.29) is 10.8 Å². The van der Waals surface area contributed by atoms with Gasteiger partial charge in [-0.15, -0.1) is 0 Å². The molecule has 0 radical (unpaired) electrons. The normalized spacial score (nSPS) is 12.1. The fourth-order valence-corrected chi connectivity index (χ4v) is 6.69. The number of hydrogen-bond acceptors (Lipinski definition) is 2. The Morgan fingerprint density at radius 2 is 1.35 bits per heavy atom. The molecule has 3 heterocycles. The van der Waals surface area contributed by atoms with Crippen LogP contribution in [0.5, 0.6) is 11.5 Å². The number of hydrogen-bond donors (Lipinski definition) is 0. The number of imidazole rings is 1. The molecular formula is C46H42N4O. The fraction of sp³-hybridized carbons (Fsp3) is 0.174. The largest absolute Gasteiger partial charge is 0.458 e. The lowest BCUT2D eigenvalue weighted by atomic mass is 9.85. The number of pyridine rings is 1. The number of rotatable bonds is 6. The molecule has 5 aromatic carbocycles. The predicted molar refractivity (Wildman–Crippen MR) is 208 cm³/mol. The first kappa shape index (κ1) is 32.3. The van der Waals surface area contributed by atoms with Gasteiger partial charge in [0, 0.05) is 35.4 Å². The molecule has 0 atom stereocenters. The lowest BCUT2D eigenvalue weighted by molar-refractivity contribution is -0.599. The molecule has 0 unspecified atom stereocenters. The van der Waals surface area contributed by atoms with Crippen molar-refractivity contribution in [1.82, 2.24) is 14.1 Å². The third-order valence-corrected chi connectivity index (χ3v) is 9.57. The first-order chi connectivity index (χ1) is 24.5. The van der Waals surface area contributed by atoms with Gasteiger partial charge in [-0.05, 0) is 93.7 Å². The molecule has 51 heavy (non-hydrogen) atoms. The summed E-state index contributed by atoms with van der Waals surface area (Å²) in [6.07, 6.45) is 9.54. The summed E-state index contributed by atoms with van der Waals surface area (Å²) in [7, 11) is 0. The molecule has 0 amide bonds. The van der Waals surface area contributed by atoms with Crippen molar-refractivity contribution >= 4 is 21.8 Å². The third kappa shape index (κ3) is 6.32. The second-order valence-electron chi connectivity index (χ2n) is 15.3. The molecule has 8 rings (SSSR count). The van der Waals surface area contributed by atoms with Crippen LogP contribution < -0.4 is 9.30 Å². The molecule has 5 nitrogen and oxygen atoms in total. The molecule has 8 aromatic rings. The van der Waals surface area contributed by atoms with E-state index in [0.29, 0.717) is 0 Å². The Labute approximate surface area is 300 Å². The molecule has 252 valence electrons. The monoisotopic (exact) mass is 666 g/mol. The second kappa shape index (κ2) is 12.4. The lowest BCUT2D eigenvalue weighted by Gasteiger charge is -2.22. The van der Waals surface area contributed by atoms with Crippen LogP contribution in [0.15, 0.2) is 146 Å². The third-order valence-electron chi connectivity index (χ3n) is 9.57. The van der Waals surface area contributed by atoms with Gasteiger partial charge in [-0.25, -0.2) is 4.98 Å². The maximum absolute atomic E-state index is 6.56. The van der Waals surface area contributed by atoms with E-state index in [2.05, 4.69) is 172 Å². The number of fused-ring (bicyclic) bond motifs is 3. The van der Waals surface area contributed by atoms with Crippen molar-refractivity contribution in [1.29, 1.82) is 0 Å². The quantitative estimate of drug-likeness (QED) is 0.131. The van der Waals surface area contributed by atoms with Crippen LogP contribution in [-0.2, 0) is 10.8 Å². The average Bonchev–Trinajstić information content (AvgIpc) is 3.75. The Hall–Kier alpha value is -5.94. The summed E-state index contributed by atoms with van der Waals surface area (Å²) < 4.78 is 12.9. The Kier molecular flexibility index (Phi) is 7.87. The Morgan fingerprint density at radius 3 is 2.16 bits per heavy atom. The molecule has 0 N–H and O–H groups in total. The minimum absolute atomic E-state index is 0.00130. The van der Waals surface area contributed by atoms with E-state index >= 15 is 0 Å². The fourth-order valence-electron chi connectivity index (χ4n) is 6.69. The van der Waals surface area contributed by atoms with Gasteiger partial charge in [-0.3, -0.25) is 13.7 Å². The molecule has 0 bridgehead atoms. The zero-order chi connectivity index (χ0) is 35.3. The van der Waals surface area contributed by atoms with E-state index in [0.717, 1.165) is 45.1 Å². The summed E-state index contributed by atoms with van der Waals surface area (Å²) in [5, 5.41) is 2.34. The van der Waals surface area contributed by atoms with Gasteiger partial charge in [-0.2, -0.15) is 0 Å². The van der Waals surface area contributed by atoms with Gasteiger partial charge in [0.2, 0.25) is 0 Å². The maximum Gasteiger partial charge on any atom is 0.268 e. The minimum Gasteiger partial charge on any atom is -0.458 e. The minimum atomic E-state index is -0.00130. The van der Waals surface area contributed by atoms with E-state index in [1.165, 1.54) is 27.6 Å². The topological polar surface area (TPSA) is 35.9 Å². The number of para-hydroxylation sites is 1. The molecule has 0 aliphatic carbocycles. The highest BCUT2D eigenvalue weighted by molar-refractivity contribution is 6.09. The molecule has 0 fully saturated rings. The zero-order valence-electron chi connectivity index (χ0n) is 30.1. The summed E-state index contributed by atoms with van der Waals surface area (Å²) in [4.78, 5) is 4.83. The second-order valence-corrected chi connectivity index (χ2v) is 15.3. The van der Waals surface area contributed by atoms with Crippen molar-refractivity contribution in [3.8, 4) is 39.8 Å². The van der Waals surface area contributed by atoms with Gasteiger partial charge < -0.3 is 4.74 Å². The summed E-state index contributed by atoms with van der Waals surface area (Å²) in [6, 6.07) is 44.6. The van der Waals surface area contributed by atoms with Crippen LogP contribution in [0.4, 0.5) is 0 Å². The lowest BCUT2D eigenvalue weighted by Crippen LogP contribution is -2.29. The number of nitrogens with zero attached hydrogens (tertiary/aromatic N) is 4. The number of benzene rings is 5. The van der Waals surface area contributed by atoms with E-state index in [4.69, 9.17) is 9.72 Å². The van der Waals surface area contributed by atoms with Crippen molar-refractivity contribution in [2.24, 2.45) is 0 Å². The molecule has 3 aromatic heterocycles. The van der Waals surface area contributed by atoms with Crippen LogP contribution in [0.1, 0.15) is 52.7 Å². The van der Waals surface area contributed by atoms with E-state index in [1.54, 1.807) is 0 Å². The van der Waals surface area contributed by atoms with Gasteiger partial charge in [0.05, 0.1) is 22.4 Å².